The van der Waals surface area contributed by atoms with Crippen LogP contribution in [0.4, 0.5) is 0 Å². The number of hydrogen-bond donors (Lipinski definition) is 1. The highest BCUT2D eigenvalue weighted by molar-refractivity contribution is 7.99. The minimum atomic E-state index is -0.159. The highest BCUT2D eigenvalue weighted by Crippen LogP contribution is 2.22. The van der Waals surface area contributed by atoms with Crippen LogP contribution in [0.1, 0.15) is 25.8 Å². The minimum absolute atomic E-state index is 0.0177. The van der Waals surface area contributed by atoms with Crippen LogP contribution in [0, 0.1) is 0 Å². The third-order valence-electron chi connectivity index (χ3n) is 3.90. The Bertz CT molecular complexity index is 801. The molecule has 0 unspecified atom stereocenters. The van der Waals surface area contributed by atoms with E-state index >= 15 is 0 Å². The van der Waals surface area contributed by atoms with Crippen LogP contribution in [0.25, 0.3) is 10.9 Å². The molecule has 0 radical (unpaired) electrons. The lowest BCUT2D eigenvalue weighted by Crippen LogP contribution is -2.30. The van der Waals surface area contributed by atoms with Crippen molar-refractivity contribution in [2.45, 2.75) is 37.0 Å². The number of ether oxygens (including phenoxy) is 1. The minimum Gasteiger partial charge on any atom is -0.383 e. The average molecular weight is 347 g/mol. The maximum Gasteiger partial charge on any atom is 0.262 e. The number of aromatic nitrogens is 2. The second-order valence-corrected chi connectivity index (χ2v) is 6.96. The fraction of sp³-hybridized carbons (Fsp3) is 0.471. The van der Waals surface area contributed by atoms with Crippen molar-refractivity contribution in [2.75, 3.05) is 19.5 Å². The van der Waals surface area contributed by atoms with Crippen LogP contribution in [0.5, 0.6) is 0 Å². The Labute approximate surface area is 144 Å². The van der Waals surface area contributed by atoms with Crippen LogP contribution in [0.15, 0.2) is 34.2 Å². The van der Waals surface area contributed by atoms with Gasteiger partial charge in [-0.3, -0.25) is 14.2 Å². The molecule has 1 N–H and O–H groups in total. The van der Waals surface area contributed by atoms with Crippen molar-refractivity contribution >= 4 is 28.6 Å². The van der Waals surface area contributed by atoms with Gasteiger partial charge in [0.1, 0.15) is 0 Å². The van der Waals surface area contributed by atoms with Crippen LogP contribution in [0.3, 0.4) is 0 Å². The molecule has 1 fully saturated rings. The molecule has 128 valence electrons. The molecule has 1 amide bonds. The molecule has 1 aliphatic carbocycles. The molecule has 1 aromatic carbocycles. The van der Waals surface area contributed by atoms with Crippen LogP contribution >= 0.6 is 11.8 Å². The van der Waals surface area contributed by atoms with Gasteiger partial charge in [0, 0.05) is 13.2 Å². The van der Waals surface area contributed by atoms with Crippen molar-refractivity contribution in [1.29, 1.82) is 0 Å². The highest BCUT2D eigenvalue weighted by Gasteiger charge is 2.24. The van der Waals surface area contributed by atoms with Crippen molar-refractivity contribution in [3.63, 3.8) is 0 Å². The number of fused-ring (bicyclic) bond motifs is 1. The van der Waals surface area contributed by atoms with E-state index in [1.54, 1.807) is 17.7 Å². The first-order chi connectivity index (χ1) is 11.6. The van der Waals surface area contributed by atoms with E-state index in [1.165, 1.54) is 11.8 Å². The van der Waals surface area contributed by atoms with Gasteiger partial charge in [0.15, 0.2) is 5.16 Å². The van der Waals surface area contributed by atoms with Crippen molar-refractivity contribution in [3.05, 3.63) is 34.6 Å². The van der Waals surface area contributed by atoms with Gasteiger partial charge < -0.3 is 10.1 Å². The topological polar surface area (TPSA) is 73.2 Å². The largest absolute Gasteiger partial charge is 0.383 e. The predicted octanol–water partition coefficient (Wildman–Crippen LogP) is 1.97. The highest BCUT2D eigenvalue weighted by atomic mass is 32.2. The lowest BCUT2D eigenvalue weighted by Gasteiger charge is -2.18. The van der Waals surface area contributed by atoms with Gasteiger partial charge in [-0.05, 0) is 31.9 Å². The Kier molecular flexibility index (Phi) is 5.20. The molecule has 0 saturated heterocycles. The average Bonchev–Trinajstić information content (AvgIpc) is 3.37. The molecule has 3 rings (SSSR count). The van der Waals surface area contributed by atoms with E-state index < -0.39 is 0 Å². The maximum absolute atomic E-state index is 12.9. The van der Waals surface area contributed by atoms with Crippen LogP contribution in [0.2, 0.25) is 0 Å². The summed E-state index contributed by atoms with van der Waals surface area (Å²) in [6, 6.07) is 7.44. The van der Waals surface area contributed by atoms with Crippen molar-refractivity contribution < 1.29 is 9.53 Å². The monoisotopic (exact) mass is 347 g/mol. The van der Waals surface area contributed by atoms with Crippen LogP contribution in [-0.4, -0.2) is 41.0 Å². The van der Waals surface area contributed by atoms with Gasteiger partial charge in [-0.2, -0.15) is 0 Å². The van der Waals surface area contributed by atoms with E-state index in [-0.39, 0.29) is 23.3 Å². The molecule has 1 saturated carbocycles. The maximum atomic E-state index is 12.9. The fourth-order valence-electron chi connectivity index (χ4n) is 2.56. The Morgan fingerprint density at radius 2 is 2.21 bits per heavy atom. The zero-order valence-electron chi connectivity index (χ0n) is 13.8. The first-order valence-electron chi connectivity index (χ1n) is 8.02. The number of methoxy groups -OCH3 is 1. The first kappa shape index (κ1) is 17.0. The summed E-state index contributed by atoms with van der Waals surface area (Å²) in [5.41, 5.74) is 0.545. The third kappa shape index (κ3) is 3.79. The van der Waals surface area contributed by atoms with E-state index in [2.05, 4.69) is 10.3 Å². The Morgan fingerprint density at radius 3 is 2.92 bits per heavy atom. The number of carbonyl (C=O) groups is 1. The number of nitrogens with zero attached hydrogens (tertiary/aromatic N) is 2. The van der Waals surface area contributed by atoms with Gasteiger partial charge >= 0.3 is 0 Å². The standard InChI is InChI=1S/C17H21N3O3S/c1-11(9-23-2)20-16(22)13-5-3-4-6-14(13)19-17(20)24-10-15(21)18-12-7-8-12/h3-6,11-12H,7-10H2,1-2H3,(H,18,21)/t11-/m0/s1. The van der Waals surface area contributed by atoms with Gasteiger partial charge in [0.05, 0.1) is 29.3 Å². The SMILES string of the molecule is COC[C@H](C)n1c(SCC(=O)NC2CC2)nc2ccccc2c1=O. The molecular formula is C17H21N3O3S. The van der Waals surface area contributed by atoms with E-state index in [0.29, 0.717) is 28.7 Å². The molecule has 2 aromatic rings. The summed E-state index contributed by atoms with van der Waals surface area (Å²) in [6.45, 7) is 2.32. The lowest BCUT2D eigenvalue weighted by molar-refractivity contribution is -0.118. The number of carbonyl (C=O) groups excluding carboxylic acids is 1. The molecular weight excluding hydrogens is 326 g/mol. The second kappa shape index (κ2) is 7.36. The zero-order chi connectivity index (χ0) is 17.1. The number of benzene rings is 1. The number of rotatable bonds is 7. The summed E-state index contributed by atoms with van der Waals surface area (Å²) < 4.78 is 6.82. The van der Waals surface area contributed by atoms with Crippen LogP contribution in [-0.2, 0) is 9.53 Å². The quantitative estimate of drug-likeness (QED) is 0.612. The Morgan fingerprint density at radius 1 is 1.46 bits per heavy atom. The summed E-state index contributed by atoms with van der Waals surface area (Å²) in [5, 5.41) is 4.08. The molecule has 0 spiro atoms. The van der Waals surface area contributed by atoms with Crippen molar-refractivity contribution in [1.82, 2.24) is 14.9 Å². The number of nitrogens with one attached hydrogen (secondary N) is 1. The molecule has 0 bridgehead atoms. The predicted molar refractivity (Wildman–Crippen MR) is 94.5 cm³/mol. The van der Waals surface area contributed by atoms with Gasteiger partial charge in [-0.25, -0.2) is 4.98 Å². The summed E-state index contributed by atoms with van der Waals surface area (Å²) in [7, 11) is 1.60. The summed E-state index contributed by atoms with van der Waals surface area (Å²) in [6.07, 6.45) is 2.11. The number of amides is 1. The van der Waals surface area contributed by atoms with E-state index in [0.717, 1.165) is 12.8 Å². The van der Waals surface area contributed by atoms with Gasteiger partial charge in [-0.1, -0.05) is 23.9 Å². The number of para-hydroxylation sites is 1. The molecule has 0 aliphatic heterocycles. The van der Waals surface area contributed by atoms with Gasteiger partial charge in [0.25, 0.3) is 5.56 Å². The molecule has 1 atom stereocenters. The Balaban J connectivity index is 1.92. The summed E-state index contributed by atoms with van der Waals surface area (Å²) in [4.78, 5) is 29.4. The van der Waals surface area contributed by atoms with E-state index in [9.17, 15) is 9.59 Å². The lowest BCUT2D eigenvalue weighted by atomic mass is 10.2. The van der Waals surface area contributed by atoms with E-state index in [4.69, 9.17) is 4.74 Å². The smallest absolute Gasteiger partial charge is 0.262 e. The number of hydrogen-bond acceptors (Lipinski definition) is 5. The van der Waals surface area contributed by atoms with Gasteiger partial charge in [-0.15, -0.1) is 0 Å². The zero-order valence-corrected chi connectivity index (χ0v) is 14.6. The molecule has 6 nitrogen and oxygen atoms in total. The first-order valence-corrected chi connectivity index (χ1v) is 9.01. The van der Waals surface area contributed by atoms with Crippen molar-refractivity contribution in [2.24, 2.45) is 0 Å². The normalized spacial score (nSPS) is 15.4. The molecule has 1 aliphatic rings. The molecule has 24 heavy (non-hydrogen) atoms. The van der Waals surface area contributed by atoms with E-state index in [1.807, 2.05) is 25.1 Å². The van der Waals surface area contributed by atoms with Crippen molar-refractivity contribution in [3.8, 4) is 0 Å². The summed E-state index contributed by atoms with van der Waals surface area (Å²) in [5.74, 6) is 0.233. The number of thioether (sulfide) groups is 1. The van der Waals surface area contributed by atoms with Gasteiger partial charge in [0.2, 0.25) is 5.91 Å². The fourth-order valence-corrected chi connectivity index (χ4v) is 3.47. The third-order valence-corrected chi connectivity index (χ3v) is 4.85. The molecule has 1 aromatic heterocycles. The Hall–Kier alpha value is -1.86. The summed E-state index contributed by atoms with van der Waals surface area (Å²) >= 11 is 1.29. The van der Waals surface area contributed by atoms with Crippen LogP contribution < -0.4 is 10.9 Å². The molecule has 7 heteroatoms. The second-order valence-electron chi connectivity index (χ2n) is 6.02. The molecule has 1 heterocycles.